The average Bonchev–Trinajstić information content (AvgIpc) is 3.19. The number of benzene rings is 2. The van der Waals surface area contributed by atoms with Gasteiger partial charge < -0.3 is 19.1 Å². The third-order valence-electron chi connectivity index (χ3n) is 7.54. The highest BCUT2D eigenvalue weighted by atomic mass is 16.7. The number of amides is 1. The molecule has 188 valence electrons. The fourth-order valence-electron chi connectivity index (χ4n) is 5.97. The molecule has 0 spiro atoms. The van der Waals surface area contributed by atoms with Crippen molar-refractivity contribution in [3.05, 3.63) is 71.8 Å². The summed E-state index contributed by atoms with van der Waals surface area (Å²) in [7, 11) is 4.77. The Kier molecular flexibility index (Phi) is 8.34. The Hall–Kier alpha value is -2.58. The van der Waals surface area contributed by atoms with Gasteiger partial charge in [-0.3, -0.25) is 14.5 Å². The summed E-state index contributed by atoms with van der Waals surface area (Å²) >= 11 is 0. The summed E-state index contributed by atoms with van der Waals surface area (Å²) in [4.78, 5) is 32.2. The summed E-state index contributed by atoms with van der Waals surface area (Å²) in [5, 5.41) is 0. The molecule has 2 saturated heterocycles. The van der Waals surface area contributed by atoms with Gasteiger partial charge in [0.25, 0.3) is 5.91 Å². The van der Waals surface area contributed by atoms with Crippen molar-refractivity contribution in [3.8, 4) is 0 Å². The van der Waals surface area contributed by atoms with Crippen LogP contribution in [0.1, 0.15) is 24.0 Å². The Morgan fingerprint density at radius 3 is 2.14 bits per heavy atom. The summed E-state index contributed by atoms with van der Waals surface area (Å²) in [5.41, 5.74) is 0.853. The number of carbonyl (C=O) groups excluding carboxylic acids is 2. The molecule has 0 N–H and O–H groups in total. The van der Waals surface area contributed by atoms with Gasteiger partial charge in [0.15, 0.2) is 17.6 Å². The number of carbonyl (C=O) groups is 2. The van der Waals surface area contributed by atoms with Gasteiger partial charge in [-0.15, -0.1) is 0 Å². The smallest absolute Gasteiger partial charge is 0.251 e. The van der Waals surface area contributed by atoms with Gasteiger partial charge in [-0.25, -0.2) is 0 Å². The van der Waals surface area contributed by atoms with E-state index in [0.29, 0.717) is 32.6 Å². The molecule has 0 aliphatic carbocycles. The summed E-state index contributed by atoms with van der Waals surface area (Å²) in [6.07, 6.45) is 0.977. The molecule has 2 aromatic carbocycles. The predicted octanol–water partition coefficient (Wildman–Crippen LogP) is 3.13. The molecule has 7 heteroatoms. The number of ether oxygens (including phenoxy) is 3. The number of likely N-dealkylation sites (tertiary alicyclic amines) is 2. The number of hydrogen-bond acceptors (Lipinski definition) is 6. The molecule has 1 amide bonds. The van der Waals surface area contributed by atoms with Gasteiger partial charge in [-0.05, 0) is 29.4 Å². The van der Waals surface area contributed by atoms with E-state index in [4.69, 9.17) is 14.2 Å². The van der Waals surface area contributed by atoms with Crippen molar-refractivity contribution in [2.24, 2.45) is 11.8 Å². The van der Waals surface area contributed by atoms with Crippen LogP contribution in [-0.4, -0.2) is 74.3 Å². The third kappa shape index (κ3) is 5.05. The zero-order valence-electron chi connectivity index (χ0n) is 20.9. The maximum Gasteiger partial charge on any atom is 0.251 e. The number of methoxy groups -OCH3 is 3. The first-order valence-electron chi connectivity index (χ1n) is 12.2. The lowest BCUT2D eigenvalue weighted by Gasteiger charge is -2.47. The molecular weight excluding hydrogens is 444 g/mol. The molecule has 0 unspecified atom stereocenters. The predicted molar refractivity (Wildman–Crippen MR) is 132 cm³/mol. The van der Waals surface area contributed by atoms with E-state index in [9.17, 15) is 9.59 Å². The minimum atomic E-state index is -1.27. The minimum absolute atomic E-state index is 0.0762. The Bertz CT molecular complexity index is 981. The number of fused-ring (bicyclic) bond motifs is 1. The first kappa shape index (κ1) is 25.5. The number of hydrogen-bond donors (Lipinski definition) is 0. The second-order valence-corrected chi connectivity index (χ2v) is 9.49. The van der Waals surface area contributed by atoms with Crippen LogP contribution in [0.5, 0.6) is 0 Å². The normalized spacial score (nSPS) is 24.7. The van der Waals surface area contributed by atoms with Gasteiger partial charge in [0.2, 0.25) is 0 Å². The van der Waals surface area contributed by atoms with E-state index in [1.165, 1.54) is 7.11 Å². The molecule has 35 heavy (non-hydrogen) atoms. The molecule has 2 fully saturated rings. The van der Waals surface area contributed by atoms with Crippen LogP contribution in [0.2, 0.25) is 0 Å². The van der Waals surface area contributed by atoms with Gasteiger partial charge in [-0.1, -0.05) is 60.7 Å². The molecule has 0 aromatic heterocycles. The van der Waals surface area contributed by atoms with E-state index in [0.717, 1.165) is 17.5 Å². The molecule has 4 rings (SSSR count). The van der Waals surface area contributed by atoms with Gasteiger partial charge in [0, 0.05) is 53.9 Å². The Morgan fingerprint density at radius 2 is 1.57 bits per heavy atom. The SMILES string of the molecule is COCC(=O)[C@@]12C(=O)N(Cc3ccccc3)CC[C@@H]1[C@H](CC(OC)OC)CN2Cc1ccccc1. The van der Waals surface area contributed by atoms with Crippen LogP contribution >= 0.6 is 0 Å². The van der Waals surface area contributed by atoms with Crippen LogP contribution in [0, 0.1) is 11.8 Å². The van der Waals surface area contributed by atoms with E-state index >= 15 is 0 Å². The lowest BCUT2D eigenvalue weighted by molar-refractivity contribution is -0.162. The van der Waals surface area contributed by atoms with Crippen molar-refractivity contribution in [2.45, 2.75) is 37.8 Å². The zero-order chi connectivity index (χ0) is 24.8. The van der Waals surface area contributed by atoms with Crippen LogP contribution in [0.25, 0.3) is 0 Å². The van der Waals surface area contributed by atoms with Crippen LogP contribution in [0.3, 0.4) is 0 Å². The number of Topliss-reactive ketones (excluding diaryl/α,β-unsaturated/α-hetero) is 1. The van der Waals surface area contributed by atoms with Gasteiger partial charge in [0.05, 0.1) is 0 Å². The second kappa shape index (κ2) is 11.4. The lowest BCUT2D eigenvalue weighted by Crippen LogP contribution is -2.68. The summed E-state index contributed by atoms with van der Waals surface area (Å²) in [6.45, 7) is 2.12. The van der Waals surface area contributed by atoms with Crippen LogP contribution in [-0.2, 0) is 36.9 Å². The van der Waals surface area contributed by atoms with Gasteiger partial charge in [-0.2, -0.15) is 0 Å². The Labute approximate surface area is 207 Å². The molecule has 0 bridgehead atoms. The highest BCUT2D eigenvalue weighted by molar-refractivity contribution is 6.12. The van der Waals surface area contributed by atoms with Crippen molar-refractivity contribution >= 4 is 11.7 Å². The van der Waals surface area contributed by atoms with E-state index in [1.807, 2.05) is 65.6 Å². The molecule has 7 nitrogen and oxygen atoms in total. The van der Waals surface area contributed by atoms with Crippen molar-refractivity contribution < 1.29 is 23.8 Å². The number of piperidine rings is 1. The summed E-state index contributed by atoms with van der Waals surface area (Å²) < 4.78 is 16.4. The van der Waals surface area contributed by atoms with E-state index in [-0.39, 0.29) is 36.4 Å². The Morgan fingerprint density at radius 1 is 0.971 bits per heavy atom. The summed E-state index contributed by atoms with van der Waals surface area (Å²) in [5.74, 6) is -0.351. The fourth-order valence-corrected chi connectivity index (χ4v) is 5.97. The van der Waals surface area contributed by atoms with Crippen LogP contribution in [0.15, 0.2) is 60.7 Å². The maximum atomic E-state index is 14.4. The van der Waals surface area contributed by atoms with Crippen LogP contribution in [0.4, 0.5) is 0 Å². The third-order valence-corrected chi connectivity index (χ3v) is 7.54. The van der Waals surface area contributed by atoms with E-state index < -0.39 is 5.54 Å². The van der Waals surface area contributed by atoms with E-state index in [1.54, 1.807) is 14.2 Å². The zero-order valence-corrected chi connectivity index (χ0v) is 20.9. The number of nitrogens with zero attached hydrogens (tertiary/aromatic N) is 2. The van der Waals surface area contributed by atoms with Crippen molar-refractivity contribution in [3.63, 3.8) is 0 Å². The first-order valence-corrected chi connectivity index (χ1v) is 12.2. The molecule has 0 radical (unpaired) electrons. The minimum Gasteiger partial charge on any atom is -0.377 e. The second-order valence-electron chi connectivity index (χ2n) is 9.49. The van der Waals surface area contributed by atoms with Crippen LogP contribution < -0.4 is 0 Å². The first-order chi connectivity index (χ1) is 17.0. The fraction of sp³-hybridized carbons (Fsp3) is 0.500. The monoisotopic (exact) mass is 480 g/mol. The standard InChI is InChI=1S/C28H36N2O5/c1-33-20-25(31)28-24(14-15-29(27(28)32)17-21-10-6-4-7-11-21)23(16-26(34-2)35-3)19-30(28)18-22-12-8-5-9-13-22/h4-13,23-24,26H,14-20H2,1-3H3/t23-,24-,28-/m1/s1. The largest absolute Gasteiger partial charge is 0.377 e. The number of ketones is 1. The Balaban J connectivity index is 1.74. The molecule has 3 atom stereocenters. The molecule has 0 saturated carbocycles. The van der Waals surface area contributed by atoms with Crippen molar-refractivity contribution in [2.75, 3.05) is 41.0 Å². The molecular formula is C28H36N2O5. The molecule has 2 aliphatic rings. The number of rotatable bonds is 11. The van der Waals surface area contributed by atoms with Crippen molar-refractivity contribution in [1.29, 1.82) is 0 Å². The summed E-state index contributed by atoms with van der Waals surface area (Å²) in [6, 6.07) is 20.0. The molecule has 2 aliphatic heterocycles. The molecule has 2 aromatic rings. The maximum absolute atomic E-state index is 14.4. The average molecular weight is 481 g/mol. The molecule has 2 heterocycles. The van der Waals surface area contributed by atoms with E-state index in [2.05, 4.69) is 4.90 Å². The highest BCUT2D eigenvalue weighted by Gasteiger charge is 2.65. The van der Waals surface area contributed by atoms with Crippen molar-refractivity contribution in [1.82, 2.24) is 9.80 Å². The van der Waals surface area contributed by atoms with Gasteiger partial charge in [0.1, 0.15) is 6.61 Å². The lowest BCUT2D eigenvalue weighted by atomic mass is 9.70. The highest BCUT2D eigenvalue weighted by Crippen LogP contribution is 2.48. The van der Waals surface area contributed by atoms with Gasteiger partial charge >= 0.3 is 0 Å². The quantitative estimate of drug-likeness (QED) is 0.364. The topological polar surface area (TPSA) is 68.3 Å².